The van der Waals surface area contributed by atoms with Crippen LogP contribution in [0.3, 0.4) is 0 Å². The molecule has 0 unspecified atom stereocenters. The van der Waals surface area contributed by atoms with Gasteiger partial charge in [-0.05, 0) is 24.1 Å². The van der Waals surface area contributed by atoms with Crippen molar-refractivity contribution in [1.29, 1.82) is 0 Å². The number of carbonyl (C=O) groups is 1. The second-order valence-corrected chi connectivity index (χ2v) is 2.87. The molecule has 0 saturated heterocycles. The molecule has 0 bridgehead atoms. The highest BCUT2D eigenvalue weighted by Crippen LogP contribution is 2.13. The first-order valence-corrected chi connectivity index (χ1v) is 4.76. The molecular formula is C11H11N3O2. The minimum atomic E-state index is -0.373. The highest BCUT2D eigenvalue weighted by Gasteiger charge is 1.94. The third-order valence-corrected chi connectivity index (χ3v) is 1.75. The first-order valence-electron chi connectivity index (χ1n) is 4.76. The molecule has 0 aliphatic carbocycles. The average Bonchev–Trinajstić information content (AvgIpc) is 2.29. The van der Waals surface area contributed by atoms with Crippen molar-refractivity contribution in [1.82, 2.24) is 0 Å². The van der Waals surface area contributed by atoms with Crippen molar-refractivity contribution in [3.8, 4) is 0 Å². The van der Waals surface area contributed by atoms with Crippen LogP contribution in [-0.2, 0) is 9.53 Å². The molecular weight excluding hydrogens is 206 g/mol. The van der Waals surface area contributed by atoms with Gasteiger partial charge in [-0.3, -0.25) is 0 Å². The number of ether oxygens (including phenoxy) is 1. The van der Waals surface area contributed by atoms with Crippen molar-refractivity contribution in [2.75, 3.05) is 6.61 Å². The molecule has 0 fully saturated rings. The van der Waals surface area contributed by atoms with E-state index in [1.54, 1.807) is 37.3 Å². The minimum Gasteiger partial charge on any atom is -0.463 e. The Balaban J connectivity index is 2.68. The summed E-state index contributed by atoms with van der Waals surface area (Å²) in [4.78, 5) is 13.7. The molecule has 0 atom stereocenters. The van der Waals surface area contributed by atoms with E-state index in [0.29, 0.717) is 12.3 Å². The van der Waals surface area contributed by atoms with Crippen LogP contribution < -0.4 is 0 Å². The zero-order chi connectivity index (χ0) is 11.8. The van der Waals surface area contributed by atoms with Crippen molar-refractivity contribution in [2.24, 2.45) is 5.11 Å². The fourth-order valence-corrected chi connectivity index (χ4v) is 1.06. The molecule has 0 N–H and O–H groups in total. The van der Waals surface area contributed by atoms with Gasteiger partial charge in [0.2, 0.25) is 0 Å². The molecule has 0 radical (unpaired) electrons. The fourth-order valence-electron chi connectivity index (χ4n) is 1.06. The quantitative estimate of drug-likeness (QED) is 0.255. The van der Waals surface area contributed by atoms with Gasteiger partial charge >= 0.3 is 5.97 Å². The van der Waals surface area contributed by atoms with Crippen molar-refractivity contribution >= 4 is 17.7 Å². The van der Waals surface area contributed by atoms with E-state index in [2.05, 4.69) is 10.0 Å². The maximum atomic E-state index is 11.0. The number of hydrogen-bond donors (Lipinski definition) is 0. The van der Waals surface area contributed by atoms with E-state index in [4.69, 9.17) is 10.3 Å². The third kappa shape index (κ3) is 3.86. The number of rotatable bonds is 4. The Morgan fingerprint density at radius 3 is 2.75 bits per heavy atom. The first-order chi connectivity index (χ1) is 7.76. The number of hydrogen-bond acceptors (Lipinski definition) is 3. The maximum absolute atomic E-state index is 11.0. The van der Waals surface area contributed by atoms with Crippen LogP contribution in [0.4, 0.5) is 5.69 Å². The SMILES string of the molecule is CCOC(=O)/C=C/c1ccc(N=[N+]=[N-])cc1. The van der Waals surface area contributed by atoms with Gasteiger partial charge < -0.3 is 4.74 Å². The Morgan fingerprint density at radius 2 is 2.19 bits per heavy atom. The van der Waals surface area contributed by atoms with E-state index >= 15 is 0 Å². The summed E-state index contributed by atoms with van der Waals surface area (Å²) in [7, 11) is 0. The van der Waals surface area contributed by atoms with Crippen molar-refractivity contribution < 1.29 is 9.53 Å². The van der Waals surface area contributed by atoms with E-state index in [1.165, 1.54) is 6.08 Å². The van der Waals surface area contributed by atoms with Crippen LogP contribution in [0.2, 0.25) is 0 Å². The van der Waals surface area contributed by atoms with Gasteiger partial charge in [-0.1, -0.05) is 29.4 Å². The summed E-state index contributed by atoms with van der Waals surface area (Å²) in [5, 5.41) is 3.44. The van der Waals surface area contributed by atoms with Gasteiger partial charge in [-0.25, -0.2) is 4.79 Å². The van der Waals surface area contributed by atoms with Crippen LogP contribution in [0.1, 0.15) is 12.5 Å². The fraction of sp³-hybridized carbons (Fsp3) is 0.182. The molecule has 1 aromatic carbocycles. The van der Waals surface area contributed by atoms with Gasteiger partial charge in [0.25, 0.3) is 0 Å². The molecule has 82 valence electrons. The lowest BCUT2D eigenvalue weighted by Gasteiger charge is -1.96. The Kier molecular flexibility index (Phi) is 4.63. The molecule has 16 heavy (non-hydrogen) atoms. The lowest BCUT2D eigenvalue weighted by molar-refractivity contribution is -0.137. The van der Waals surface area contributed by atoms with E-state index in [1.807, 2.05) is 0 Å². The number of esters is 1. The zero-order valence-corrected chi connectivity index (χ0v) is 8.83. The molecule has 0 aliphatic rings. The average molecular weight is 217 g/mol. The molecule has 0 aromatic heterocycles. The summed E-state index contributed by atoms with van der Waals surface area (Å²) in [6.07, 6.45) is 2.99. The van der Waals surface area contributed by atoms with Crippen LogP contribution in [0.25, 0.3) is 16.5 Å². The third-order valence-electron chi connectivity index (χ3n) is 1.75. The molecule has 0 heterocycles. The summed E-state index contributed by atoms with van der Waals surface area (Å²) in [5.74, 6) is -0.373. The van der Waals surface area contributed by atoms with Gasteiger partial charge in [-0.2, -0.15) is 0 Å². The van der Waals surface area contributed by atoms with E-state index in [9.17, 15) is 4.79 Å². The Morgan fingerprint density at radius 1 is 1.50 bits per heavy atom. The number of azide groups is 1. The lowest BCUT2D eigenvalue weighted by atomic mass is 10.2. The van der Waals surface area contributed by atoms with Gasteiger partial charge in [0.1, 0.15) is 0 Å². The summed E-state index contributed by atoms with van der Waals surface area (Å²) < 4.78 is 4.73. The molecule has 0 saturated carbocycles. The molecule has 1 aromatic rings. The Hall–Kier alpha value is -2.26. The first kappa shape index (κ1) is 11.8. The van der Waals surface area contributed by atoms with Crippen LogP contribution in [0.5, 0.6) is 0 Å². The maximum Gasteiger partial charge on any atom is 0.330 e. The molecule has 5 nitrogen and oxygen atoms in total. The van der Waals surface area contributed by atoms with E-state index in [-0.39, 0.29) is 5.97 Å². The number of nitrogens with zero attached hydrogens (tertiary/aromatic N) is 3. The summed E-state index contributed by atoms with van der Waals surface area (Å²) >= 11 is 0. The molecule has 0 spiro atoms. The van der Waals surface area contributed by atoms with Gasteiger partial charge in [0, 0.05) is 16.7 Å². The highest BCUT2D eigenvalue weighted by atomic mass is 16.5. The van der Waals surface area contributed by atoms with Crippen LogP contribution >= 0.6 is 0 Å². The smallest absolute Gasteiger partial charge is 0.330 e. The van der Waals surface area contributed by atoms with Crippen LogP contribution in [-0.4, -0.2) is 12.6 Å². The monoisotopic (exact) mass is 217 g/mol. The standard InChI is InChI=1S/C11H11N3O2/c1-2-16-11(15)8-5-9-3-6-10(7-4-9)13-14-12/h3-8H,2H2,1H3/b8-5+. The van der Waals surface area contributed by atoms with E-state index < -0.39 is 0 Å². The summed E-state index contributed by atoms with van der Waals surface area (Å²) in [6, 6.07) is 6.84. The Labute approximate surface area is 93.0 Å². The van der Waals surface area contributed by atoms with Crippen LogP contribution in [0, 0.1) is 0 Å². The van der Waals surface area contributed by atoms with Gasteiger partial charge in [0.05, 0.1) is 6.61 Å². The predicted octanol–water partition coefficient (Wildman–Crippen LogP) is 3.20. The van der Waals surface area contributed by atoms with Crippen LogP contribution in [0.15, 0.2) is 35.5 Å². The Bertz CT molecular complexity index is 431. The largest absolute Gasteiger partial charge is 0.463 e. The van der Waals surface area contributed by atoms with Crippen molar-refractivity contribution in [2.45, 2.75) is 6.92 Å². The normalized spacial score (nSPS) is 9.81. The molecule has 0 aliphatic heterocycles. The molecule has 0 amide bonds. The zero-order valence-electron chi connectivity index (χ0n) is 8.83. The van der Waals surface area contributed by atoms with Gasteiger partial charge in [-0.15, -0.1) is 0 Å². The second kappa shape index (κ2) is 6.27. The summed E-state index contributed by atoms with van der Waals surface area (Å²) in [6.45, 7) is 2.11. The number of carbonyl (C=O) groups excluding carboxylic acids is 1. The molecule has 5 heteroatoms. The summed E-state index contributed by atoms with van der Waals surface area (Å²) in [5.41, 5.74) is 9.58. The highest BCUT2D eigenvalue weighted by molar-refractivity contribution is 5.87. The minimum absolute atomic E-state index is 0.360. The molecule has 1 rings (SSSR count). The van der Waals surface area contributed by atoms with Gasteiger partial charge in [0.15, 0.2) is 0 Å². The second-order valence-electron chi connectivity index (χ2n) is 2.87. The lowest BCUT2D eigenvalue weighted by Crippen LogP contribution is -1.98. The topological polar surface area (TPSA) is 75.1 Å². The van der Waals surface area contributed by atoms with E-state index in [0.717, 1.165) is 5.56 Å². The van der Waals surface area contributed by atoms with Crippen molar-refractivity contribution in [3.63, 3.8) is 0 Å². The number of benzene rings is 1. The van der Waals surface area contributed by atoms with Crippen molar-refractivity contribution in [3.05, 3.63) is 46.3 Å². The predicted molar refractivity (Wildman–Crippen MR) is 60.9 cm³/mol.